The van der Waals surface area contributed by atoms with Crippen LogP contribution in [0.5, 0.6) is 0 Å². The van der Waals surface area contributed by atoms with Crippen molar-refractivity contribution in [3.05, 3.63) is 87.7 Å². The number of piperazine rings is 1. The number of carbonyl (C=O) groups excluding carboxylic acids is 1. The number of benzene rings is 2. The molecule has 0 aliphatic carbocycles. The van der Waals surface area contributed by atoms with Gasteiger partial charge in [-0.3, -0.25) is 9.69 Å². The molecule has 192 valence electrons. The number of amides is 1. The van der Waals surface area contributed by atoms with E-state index in [-0.39, 0.29) is 17.0 Å². The van der Waals surface area contributed by atoms with Crippen LogP contribution in [0.15, 0.2) is 54.6 Å². The minimum Gasteiger partial charge on any atom is -0.335 e. The van der Waals surface area contributed by atoms with Crippen molar-refractivity contribution in [2.75, 3.05) is 26.2 Å². The van der Waals surface area contributed by atoms with Crippen molar-refractivity contribution in [1.82, 2.24) is 24.4 Å². The molecule has 1 amide bonds. The van der Waals surface area contributed by atoms with Gasteiger partial charge in [-0.2, -0.15) is 18.3 Å². The highest BCUT2D eigenvalue weighted by molar-refractivity contribution is 6.30. The average Bonchev–Trinajstić information content (AvgIpc) is 3.30. The molecule has 3 heterocycles. The van der Waals surface area contributed by atoms with Crippen molar-refractivity contribution in [3.8, 4) is 11.3 Å². The highest BCUT2D eigenvalue weighted by atomic mass is 35.5. The maximum Gasteiger partial charge on any atom is 0.433 e. The van der Waals surface area contributed by atoms with Gasteiger partial charge in [0, 0.05) is 49.4 Å². The zero-order valence-corrected chi connectivity index (χ0v) is 21.1. The summed E-state index contributed by atoms with van der Waals surface area (Å²) < 4.78 is 42.6. The Morgan fingerprint density at radius 2 is 1.65 bits per heavy atom. The third-order valence-electron chi connectivity index (χ3n) is 6.72. The molecule has 4 aromatic rings. The number of carbonyl (C=O) groups is 1. The first-order valence-corrected chi connectivity index (χ1v) is 12.3. The second kappa shape index (κ2) is 9.79. The number of nitrogens with zero attached hydrogens (tertiary/aromatic N) is 5. The SMILES string of the molecule is Cc1ccc(-c2cc(C(F)(F)F)n3nc(C(=O)N4CCN(Cc5ccc(Cl)cc5)CC4)cc3n2)cc1C. The molecule has 1 aliphatic heterocycles. The maximum atomic E-state index is 14.0. The summed E-state index contributed by atoms with van der Waals surface area (Å²) in [6.45, 7) is 6.75. The molecule has 1 aliphatic rings. The molecule has 5 rings (SSSR count). The number of hydrogen-bond donors (Lipinski definition) is 0. The molecule has 2 aromatic heterocycles. The first-order valence-electron chi connectivity index (χ1n) is 11.9. The largest absolute Gasteiger partial charge is 0.433 e. The second-order valence-electron chi connectivity index (χ2n) is 9.32. The predicted octanol–water partition coefficient (Wildman–Crippen LogP) is 5.64. The van der Waals surface area contributed by atoms with Crippen LogP contribution in [0.25, 0.3) is 16.9 Å². The van der Waals surface area contributed by atoms with Gasteiger partial charge in [-0.05, 0) is 54.8 Å². The third kappa shape index (κ3) is 5.33. The summed E-state index contributed by atoms with van der Waals surface area (Å²) in [6, 6.07) is 15.3. The fourth-order valence-corrected chi connectivity index (χ4v) is 4.57. The van der Waals surface area contributed by atoms with Gasteiger partial charge in [0.15, 0.2) is 17.0 Å². The van der Waals surface area contributed by atoms with E-state index in [1.54, 1.807) is 17.0 Å². The van der Waals surface area contributed by atoms with E-state index < -0.39 is 17.8 Å². The Morgan fingerprint density at radius 3 is 2.30 bits per heavy atom. The fourth-order valence-electron chi connectivity index (χ4n) is 4.45. The summed E-state index contributed by atoms with van der Waals surface area (Å²) in [4.78, 5) is 21.4. The second-order valence-corrected chi connectivity index (χ2v) is 9.75. The van der Waals surface area contributed by atoms with Crippen molar-refractivity contribution in [3.63, 3.8) is 0 Å². The van der Waals surface area contributed by atoms with E-state index in [4.69, 9.17) is 11.6 Å². The lowest BCUT2D eigenvalue weighted by atomic mass is 10.0. The molecule has 0 N–H and O–H groups in total. The molecule has 0 radical (unpaired) electrons. The zero-order chi connectivity index (χ0) is 26.3. The zero-order valence-electron chi connectivity index (χ0n) is 20.4. The lowest BCUT2D eigenvalue weighted by molar-refractivity contribution is -0.142. The lowest BCUT2D eigenvalue weighted by Gasteiger charge is -2.34. The van der Waals surface area contributed by atoms with Crippen LogP contribution < -0.4 is 0 Å². The third-order valence-corrected chi connectivity index (χ3v) is 6.97. The van der Waals surface area contributed by atoms with Crippen LogP contribution in [0, 0.1) is 13.8 Å². The molecule has 0 unspecified atom stereocenters. The van der Waals surface area contributed by atoms with E-state index in [9.17, 15) is 18.0 Å². The summed E-state index contributed by atoms with van der Waals surface area (Å²) in [6.07, 6.45) is -4.67. The van der Waals surface area contributed by atoms with Crippen LogP contribution >= 0.6 is 11.6 Å². The molecule has 1 fully saturated rings. The van der Waals surface area contributed by atoms with Crippen LogP contribution in [0.2, 0.25) is 5.02 Å². The van der Waals surface area contributed by atoms with Gasteiger partial charge in [-0.15, -0.1) is 0 Å². The van der Waals surface area contributed by atoms with Crippen molar-refractivity contribution in [2.24, 2.45) is 0 Å². The summed E-state index contributed by atoms with van der Waals surface area (Å²) in [5, 5.41) is 4.71. The van der Waals surface area contributed by atoms with E-state index in [1.165, 1.54) is 6.07 Å². The van der Waals surface area contributed by atoms with Crippen molar-refractivity contribution in [2.45, 2.75) is 26.6 Å². The summed E-state index contributed by atoms with van der Waals surface area (Å²) in [5.74, 6) is -0.405. The molecule has 37 heavy (non-hydrogen) atoms. The number of halogens is 4. The Morgan fingerprint density at radius 1 is 0.946 bits per heavy atom. The van der Waals surface area contributed by atoms with Crippen molar-refractivity contribution in [1.29, 1.82) is 0 Å². The van der Waals surface area contributed by atoms with Gasteiger partial charge in [-0.25, -0.2) is 9.50 Å². The standard InChI is InChI=1S/C27H25ClF3N5O/c1-17-3-6-20(13-18(17)2)22-14-24(27(29,30)31)36-25(32-22)15-23(33-36)26(37)35-11-9-34(10-12-35)16-19-4-7-21(28)8-5-19/h3-8,13-15H,9-12,16H2,1-2H3. The Labute approximate surface area is 217 Å². The maximum absolute atomic E-state index is 14.0. The Balaban J connectivity index is 1.38. The molecule has 6 nitrogen and oxygen atoms in total. The lowest BCUT2D eigenvalue weighted by Crippen LogP contribution is -2.48. The Kier molecular flexibility index (Phi) is 6.68. The molecular formula is C27H25ClF3N5O. The molecule has 0 atom stereocenters. The average molecular weight is 528 g/mol. The van der Waals surface area contributed by atoms with Gasteiger partial charge in [0.1, 0.15) is 0 Å². The summed E-state index contributed by atoms with van der Waals surface area (Å²) >= 11 is 5.95. The predicted molar refractivity (Wildman–Crippen MR) is 136 cm³/mol. The highest BCUT2D eigenvalue weighted by Crippen LogP contribution is 2.33. The smallest absolute Gasteiger partial charge is 0.335 e. The van der Waals surface area contributed by atoms with Gasteiger partial charge in [0.25, 0.3) is 5.91 Å². The number of alkyl halides is 3. The van der Waals surface area contributed by atoms with E-state index in [0.29, 0.717) is 41.3 Å². The van der Waals surface area contributed by atoms with E-state index in [0.717, 1.165) is 29.3 Å². The minimum absolute atomic E-state index is 0.0206. The number of aryl methyl sites for hydroxylation is 2. The molecule has 0 bridgehead atoms. The molecular weight excluding hydrogens is 503 g/mol. The van der Waals surface area contributed by atoms with Crippen LogP contribution in [0.4, 0.5) is 13.2 Å². The Hall–Kier alpha value is -3.43. The molecule has 0 saturated carbocycles. The Bertz CT molecular complexity index is 1460. The van der Waals surface area contributed by atoms with E-state index >= 15 is 0 Å². The highest BCUT2D eigenvalue weighted by Gasteiger charge is 2.36. The number of aromatic nitrogens is 3. The van der Waals surface area contributed by atoms with E-state index in [1.807, 2.05) is 44.2 Å². The fraction of sp³-hybridized carbons (Fsp3) is 0.296. The first kappa shape index (κ1) is 25.2. The van der Waals surface area contributed by atoms with Gasteiger partial charge in [-0.1, -0.05) is 35.9 Å². The topological polar surface area (TPSA) is 53.7 Å². The number of rotatable bonds is 4. The van der Waals surface area contributed by atoms with Gasteiger partial charge < -0.3 is 4.90 Å². The quantitative estimate of drug-likeness (QED) is 0.344. The molecule has 2 aromatic carbocycles. The summed E-state index contributed by atoms with van der Waals surface area (Å²) in [7, 11) is 0. The van der Waals surface area contributed by atoms with Gasteiger partial charge in [0.2, 0.25) is 0 Å². The van der Waals surface area contributed by atoms with Crippen LogP contribution in [-0.4, -0.2) is 56.5 Å². The number of fused-ring (bicyclic) bond motifs is 1. The molecule has 1 saturated heterocycles. The first-order chi connectivity index (χ1) is 17.6. The van der Waals surface area contributed by atoms with Gasteiger partial charge >= 0.3 is 6.18 Å². The monoisotopic (exact) mass is 527 g/mol. The van der Waals surface area contributed by atoms with Crippen LogP contribution in [0.3, 0.4) is 0 Å². The van der Waals surface area contributed by atoms with E-state index in [2.05, 4.69) is 15.0 Å². The summed E-state index contributed by atoms with van der Waals surface area (Å²) in [5.41, 5.74) is 2.81. The van der Waals surface area contributed by atoms with Crippen LogP contribution in [0.1, 0.15) is 32.9 Å². The number of hydrogen-bond acceptors (Lipinski definition) is 4. The van der Waals surface area contributed by atoms with Crippen molar-refractivity contribution >= 4 is 23.2 Å². The molecule has 0 spiro atoms. The van der Waals surface area contributed by atoms with Gasteiger partial charge in [0.05, 0.1) is 5.69 Å². The molecule has 10 heteroatoms. The minimum atomic E-state index is -4.67. The van der Waals surface area contributed by atoms with Crippen LogP contribution in [-0.2, 0) is 12.7 Å². The normalized spacial score (nSPS) is 14.9. The van der Waals surface area contributed by atoms with Crippen molar-refractivity contribution < 1.29 is 18.0 Å².